The molecular formula is C12H8Br2F4N2S2. The second kappa shape index (κ2) is 9.74. The lowest BCUT2D eigenvalue weighted by molar-refractivity contribution is 0.252. The van der Waals surface area contributed by atoms with Crippen molar-refractivity contribution in [3.8, 4) is 0 Å². The van der Waals surface area contributed by atoms with Gasteiger partial charge in [0.1, 0.15) is 4.47 Å². The van der Waals surface area contributed by atoms with Crippen molar-refractivity contribution in [3.05, 3.63) is 45.4 Å². The number of rotatable bonds is 3. The van der Waals surface area contributed by atoms with Gasteiger partial charge in [0.05, 0.1) is 4.90 Å². The van der Waals surface area contributed by atoms with Gasteiger partial charge < -0.3 is 0 Å². The fourth-order valence-corrected chi connectivity index (χ4v) is 3.05. The van der Waals surface area contributed by atoms with Crippen molar-refractivity contribution in [2.24, 2.45) is 0 Å². The maximum Gasteiger partial charge on any atom is 0.288 e. The van der Waals surface area contributed by atoms with Gasteiger partial charge >= 0.3 is 0 Å². The van der Waals surface area contributed by atoms with Crippen LogP contribution < -0.4 is 0 Å². The molecule has 0 aliphatic heterocycles. The first-order chi connectivity index (χ1) is 10.3. The van der Waals surface area contributed by atoms with Gasteiger partial charge in [-0.15, -0.1) is 11.8 Å². The zero-order chi connectivity index (χ0) is 16.7. The number of pyridine rings is 2. The van der Waals surface area contributed by atoms with E-state index in [4.69, 9.17) is 0 Å². The summed E-state index contributed by atoms with van der Waals surface area (Å²) in [7, 11) is 0. The van der Waals surface area contributed by atoms with Crippen LogP contribution in [0.5, 0.6) is 0 Å². The standard InChI is InChI=1S/2C6H4BrF2NS/c7-4-1-5(3-10-2-4)11-6(8)9;1-11-3-2-10-6(9)4(7)5(3)8/h1-3,6H;2H,1H3. The van der Waals surface area contributed by atoms with Crippen LogP contribution in [0, 0.1) is 11.8 Å². The number of halogens is 6. The number of hydrogen-bond donors (Lipinski definition) is 0. The quantitative estimate of drug-likeness (QED) is 0.306. The fourth-order valence-electron chi connectivity index (χ4n) is 1.13. The maximum absolute atomic E-state index is 12.9. The van der Waals surface area contributed by atoms with Gasteiger partial charge in [-0.2, -0.15) is 13.2 Å². The molecule has 0 saturated carbocycles. The number of aromatic nitrogens is 2. The predicted octanol–water partition coefficient (Wildman–Crippen LogP) is 6.00. The molecule has 0 saturated heterocycles. The Kier molecular flexibility index (Phi) is 8.73. The van der Waals surface area contributed by atoms with E-state index in [1.165, 1.54) is 24.2 Å². The summed E-state index contributed by atoms with van der Waals surface area (Å²) < 4.78 is 49.5. The van der Waals surface area contributed by atoms with Crippen molar-refractivity contribution in [1.29, 1.82) is 0 Å². The van der Waals surface area contributed by atoms with Crippen LogP contribution in [0.25, 0.3) is 0 Å². The third kappa shape index (κ3) is 6.43. The molecule has 2 nitrogen and oxygen atoms in total. The minimum absolute atomic E-state index is 0.204. The van der Waals surface area contributed by atoms with E-state index in [9.17, 15) is 17.6 Å². The Morgan fingerprint density at radius 2 is 1.82 bits per heavy atom. The number of nitrogens with zero attached hydrogens (tertiary/aromatic N) is 2. The van der Waals surface area contributed by atoms with Crippen LogP contribution in [0.4, 0.5) is 17.6 Å². The third-order valence-corrected chi connectivity index (χ3v) is 4.52. The van der Waals surface area contributed by atoms with Crippen LogP contribution in [0.15, 0.2) is 43.4 Å². The topological polar surface area (TPSA) is 25.8 Å². The van der Waals surface area contributed by atoms with Gasteiger partial charge in [-0.25, -0.2) is 9.37 Å². The van der Waals surface area contributed by atoms with Crippen molar-refractivity contribution in [1.82, 2.24) is 9.97 Å². The maximum atomic E-state index is 12.9. The first kappa shape index (κ1) is 19.7. The Balaban J connectivity index is 0.000000220. The average Bonchev–Trinajstić information content (AvgIpc) is 2.45. The summed E-state index contributed by atoms with van der Waals surface area (Å²) in [5, 5.41) is 0. The highest BCUT2D eigenvalue weighted by molar-refractivity contribution is 9.10. The smallest absolute Gasteiger partial charge is 0.262 e. The molecule has 0 aromatic carbocycles. The molecule has 10 heteroatoms. The van der Waals surface area contributed by atoms with Gasteiger partial charge in [-0.1, -0.05) is 11.8 Å². The zero-order valence-corrected chi connectivity index (χ0v) is 15.7. The molecule has 0 unspecified atom stereocenters. The molecule has 0 fully saturated rings. The number of alkyl halides is 2. The second-order valence-corrected chi connectivity index (χ2v) is 7.08. The summed E-state index contributed by atoms with van der Waals surface area (Å²) in [6.45, 7) is 0. The highest BCUT2D eigenvalue weighted by Crippen LogP contribution is 2.26. The first-order valence-corrected chi connectivity index (χ1v) is 9.13. The van der Waals surface area contributed by atoms with E-state index in [0.29, 0.717) is 26.0 Å². The molecule has 0 amide bonds. The summed E-state index contributed by atoms with van der Waals surface area (Å²) in [6, 6.07) is 1.60. The Morgan fingerprint density at radius 3 is 2.36 bits per heavy atom. The molecule has 0 atom stereocenters. The molecule has 0 aliphatic carbocycles. The van der Waals surface area contributed by atoms with Crippen LogP contribution >= 0.6 is 55.4 Å². The fraction of sp³-hybridized carbons (Fsp3) is 0.167. The lowest BCUT2D eigenvalue weighted by Crippen LogP contribution is -1.90. The molecule has 0 N–H and O–H groups in total. The van der Waals surface area contributed by atoms with E-state index in [-0.39, 0.29) is 4.47 Å². The molecule has 0 spiro atoms. The van der Waals surface area contributed by atoms with Crippen molar-refractivity contribution >= 4 is 55.4 Å². The number of hydrogen-bond acceptors (Lipinski definition) is 4. The normalized spacial score (nSPS) is 10.4. The second-order valence-electron chi connectivity index (χ2n) is 3.46. The third-order valence-electron chi connectivity index (χ3n) is 2.01. The zero-order valence-electron chi connectivity index (χ0n) is 10.9. The number of thioether (sulfide) groups is 2. The highest BCUT2D eigenvalue weighted by atomic mass is 79.9. The van der Waals surface area contributed by atoms with E-state index < -0.39 is 17.5 Å². The van der Waals surface area contributed by atoms with Crippen LogP contribution in [-0.4, -0.2) is 22.0 Å². The van der Waals surface area contributed by atoms with Gasteiger partial charge in [0.15, 0.2) is 5.82 Å². The monoisotopic (exact) mass is 478 g/mol. The van der Waals surface area contributed by atoms with E-state index in [0.717, 1.165) is 0 Å². The van der Waals surface area contributed by atoms with Gasteiger partial charge in [-0.3, -0.25) is 4.98 Å². The summed E-state index contributed by atoms with van der Waals surface area (Å²) in [5.41, 5.74) is 0. The molecule has 2 aromatic rings. The van der Waals surface area contributed by atoms with Gasteiger partial charge in [-0.05, 0) is 44.2 Å². The van der Waals surface area contributed by atoms with Crippen LogP contribution in [0.2, 0.25) is 0 Å². The summed E-state index contributed by atoms with van der Waals surface area (Å²) in [4.78, 5) is 7.87. The molecular weight excluding hydrogens is 472 g/mol. The molecule has 2 heterocycles. The SMILES string of the molecule is CSc1cnc(F)c(Br)c1F.FC(F)Sc1cncc(Br)c1. The molecule has 0 radical (unpaired) electrons. The molecule has 2 rings (SSSR count). The summed E-state index contributed by atoms with van der Waals surface area (Å²) in [5.74, 6) is -3.79. The van der Waals surface area contributed by atoms with Crippen LogP contribution in [0.3, 0.4) is 0 Å². The van der Waals surface area contributed by atoms with Gasteiger partial charge in [0.2, 0.25) is 5.95 Å². The largest absolute Gasteiger partial charge is 0.288 e. The van der Waals surface area contributed by atoms with Crippen molar-refractivity contribution in [2.75, 3.05) is 6.26 Å². The Bertz CT molecular complexity index is 632. The molecule has 0 bridgehead atoms. The molecule has 2 aromatic heterocycles. The highest BCUT2D eigenvalue weighted by Gasteiger charge is 2.10. The molecule has 22 heavy (non-hydrogen) atoms. The predicted molar refractivity (Wildman–Crippen MR) is 87.4 cm³/mol. The average molecular weight is 480 g/mol. The van der Waals surface area contributed by atoms with E-state index in [1.807, 2.05) is 0 Å². The van der Waals surface area contributed by atoms with Gasteiger partial charge in [0.25, 0.3) is 5.76 Å². The minimum atomic E-state index is -2.38. The van der Waals surface area contributed by atoms with Crippen molar-refractivity contribution in [3.63, 3.8) is 0 Å². The first-order valence-electron chi connectivity index (χ1n) is 5.44. The Morgan fingerprint density at radius 1 is 1.14 bits per heavy atom. The molecule has 0 aliphatic rings. The summed E-state index contributed by atoms with van der Waals surface area (Å²) in [6.07, 6.45) is 5.82. The van der Waals surface area contributed by atoms with E-state index in [2.05, 4.69) is 41.8 Å². The van der Waals surface area contributed by atoms with Gasteiger partial charge in [0, 0.05) is 28.0 Å². The van der Waals surface area contributed by atoms with Crippen LogP contribution in [0.1, 0.15) is 0 Å². The van der Waals surface area contributed by atoms with E-state index >= 15 is 0 Å². The Labute approximate surface area is 149 Å². The van der Waals surface area contributed by atoms with Crippen LogP contribution in [-0.2, 0) is 0 Å². The van der Waals surface area contributed by atoms with Crippen molar-refractivity contribution < 1.29 is 17.6 Å². The van der Waals surface area contributed by atoms with E-state index in [1.54, 1.807) is 18.5 Å². The lowest BCUT2D eigenvalue weighted by Gasteiger charge is -1.99. The minimum Gasteiger partial charge on any atom is -0.262 e. The lowest BCUT2D eigenvalue weighted by atomic mass is 10.5. The summed E-state index contributed by atoms with van der Waals surface area (Å²) >= 11 is 7.55. The molecule has 120 valence electrons. The Hall–Kier alpha value is -0.320. The van der Waals surface area contributed by atoms with Crippen molar-refractivity contribution in [2.45, 2.75) is 15.5 Å².